The number of carbonyl (C=O) groups is 1. The summed E-state index contributed by atoms with van der Waals surface area (Å²) in [5.74, 6) is -3.40. The van der Waals surface area contributed by atoms with Gasteiger partial charge in [-0.05, 0) is 27.7 Å². The van der Waals surface area contributed by atoms with Crippen molar-refractivity contribution in [1.29, 1.82) is 0 Å². The van der Waals surface area contributed by atoms with Crippen molar-refractivity contribution in [2.24, 2.45) is 0 Å². The molecule has 0 aliphatic carbocycles. The highest BCUT2D eigenvalue weighted by Gasteiger charge is 2.71. The van der Waals surface area contributed by atoms with Gasteiger partial charge in [0.2, 0.25) is 11.4 Å². The third-order valence-electron chi connectivity index (χ3n) is 3.91. The predicted molar refractivity (Wildman–Crippen MR) is 64.6 cm³/mol. The van der Waals surface area contributed by atoms with Gasteiger partial charge in [-0.2, -0.15) is 0 Å². The monoisotopic (exact) mass is 288 g/mol. The minimum absolute atomic E-state index is 0.0533. The number of hydrogen-bond acceptors (Lipinski definition) is 7. The van der Waals surface area contributed by atoms with Crippen molar-refractivity contribution in [1.82, 2.24) is 0 Å². The van der Waals surface area contributed by atoms with Crippen LogP contribution in [0.5, 0.6) is 0 Å². The molecular formula is C13H20O7. The maximum Gasteiger partial charge on any atom is 0.234 e. The summed E-state index contributed by atoms with van der Waals surface area (Å²) in [7, 11) is 0. The van der Waals surface area contributed by atoms with Gasteiger partial charge in [0.25, 0.3) is 0 Å². The zero-order chi connectivity index (χ0) is 14.8. The zero-order valence-electron chi connectivity index (χ0n) is 12.0. The highest BCUT2D eigenvalue weighted by Crippen LogP contribution is 2.48. The predicted octanol–water partition coefficient (Wildman–Crippen LogP) is -0.0541. The molecule has 0 bridgehead atoms. The van der Waals surface area contributed by atoms with Crippen LogP contribution in [0, 0.1) is 0 Å². The van der Waals surface area contributed by atoms with E-state index >= 15 is 0 Å². The molecule has 3 aliphatic heterocycles. The number of carbonyl (C=O) groups excluding carboxylic acids is 1. The van der Waals surface area contributed by atoms with E-state index in [2.05, 4.69) is 0 Å². The van der Waals surface area contributed by atoms with Gasteiger partial charge < -0.3 is 28.8 Å². The summed E-state index contributed by atoms with van der Waals surface area (Å²) in [5, 5.41) is 10.9. The first-order valence-corrected chi connectivity index (χ1v) is 6.66. The van der Waals surface area contributed by atoms with E-state index in [0.29, 0.717) is 6.29 Å². The Morgan fingerprint density at radius 2 is 1.80 bits per heavy atom. The van der Waals surface area contributed by atoms with Crippen LogP contribution in [0.1, 0.15) is 27.7 Å². The van der Waals surface area contributed by atoms with Gasteiger partial charge in [0.05, 0.1) is 6.61 Å². The molecule has 0 amide bonds. The van der Waals surface area contributed by atoms with E-state index in [9.17, 15) is 9.90 Å². The number of hydrogen-bond donors (Lipinski definition) is 1. The fraction of sp³-hybridized carbons (Fsp3) is 0.923. The van der Waals surface area contributed by atoms with E-state index in [0.717, 1.165) is 0 Å². The SMILES string of the molecule is CC1(C)O[C@@H]2[C@@H](CO[C@]3(COC(C)(C)O3)[C@@]2(O)C=O)O1. The third-order valence-corrected chi connectivity index (χ3v) is 3.91. The molecule has 3 heterocycles. The number of aldehydes is 1. The molecule has 3 aliphatic rings. The molecule has 0 unspecified atom stereocenters. The lowest BCUT2D eigenvalue weighted by Gasteiger charge is -2.47. The molecule has 1 spiro atoms. The summed E-state index contributed by atoms with van der Waals surface area (Å²) in [6.07, 6.45) is -0.987. The molecule has 114 valence electrons. The van der Waals surface area contributed by atoms with Crippen molar-refractivity contribution in [2.75, 3.05) is 13.2 Å². The maximum absolute atomic E-state index is 11.6. The van der Waals surface area contributed by atoms with E-state index in [1.54, 1.807) is 27.7 Å². The van der Waals surface area contributed by atoms with Crippen LogP contribution in [-0.4, -0.2) is 59.8 Å². The van der Waals surface area contributed by atoms with E-state index in [1.165, 1.54) is 0 Å². The van der Waals surface area contributed by atoms with Crippen molar-refractivity contribution < 1.29 is 33.6 Å². The summed E-state index contributed by atoms with van der Waals surface area (Å²) in [6, 6.07) is 0. The van der Waals surface area contributed by atoms with Crippen LogP contribution in [0.4, 0.5) is 0 Å². The second kappa shape index (κ2) is 4.00. The average Bonchev–Trinajstić information content (AvgIpc) is 2.83. The molecule has 3 saturated heterocycles. The third kappa shape index (κ3) is 1.85. The summed E-state index contributed by atoms with van der Waals surface area (Å²) >= 11 is 0. The lowest BCUT2D eigenvalue weighted by molar-refractivity contribution is -0.350. The van der Waals surface area contributed by atoms with Gasteiger partial charge in [-0.3, -0.25) is 4.79 Å². The molecule has 0 aromatic carbocycles. The topological polar surface area (TPSA) is 83.5 Å². The number of rotatable bonds is 1. The Bertz CT molecular complexity index is 432. The summed E-state index contributed by atoms with van der Waals surface area (Å²) in [5.41, 5.74) is -1.99. The van der Waals surface area contributed by atoms with Gasteiger partial charge in [0.1, 0.15) is 18.8 Å². The Kier molecular flexibility index (Phi) is 2.87. The Morgan fingerprint density at radius 1 is 1.10 bits per heavy atom. The zero-order valence-corrected chi connectivity index (χ0v) is 12.0. The summed E-state index contributed by atoms with van der Waals surface area (Å²) < 4.78 is 28.1. The highest BCUT2D eigenvalue weighted by molar-refractivity contribution is 5.66. The largest absolute Gasteiger partial charge is 0.375 e. The smallest absolute Gasteiger partial charge is 0.234 e. The molecule has 3 fully saturated rings. The van der Waals surface area contributed by atoms with Crippen LogP contribution >= 0.6 is 0 Å². The second-order valence-electron chi connectivity index (χ2n) is 6.39. The van der Waals surface area contributed by atoms with Gasteiger partial charge in [-0.1, -0.05) is 0 Å². The van der Waals surface area contributed by atoms with Gasteiger partial charge in [-0.15, -0.1) is 0 Å². The van der Waals surface area contributed by atoms with Crippen molar-refractivity contribution in [3.05, 3.63) is 0 Å². The molecule has 4 atom stereocenters. The molecule has 0 aromatic rings. The molecule has 20 heavy (non-hydrogen) atoms. The number of aliphatic hydroxyl groups is 1. The molecule has 0 aromatic heterocycles. The molecular weight excluding hydrogens is 268 g/mol. The standard InChI is InChI=1S/C13H20O7/c1-10(2)17-7-13(20-10)12(15,6-14)9-8(5-16-13)18-11(3,4)19-9/h6,8-9,15H,5,7H2,1-4H3/t8-,9-,12-,13+/m1/s1. The van der Waals surface area contributed by atoms with Crippen LogP contribution in [0.2, 0.25) is 0 Å². The Balaban J connectivity index is 1.97. The first-order chi connectivity index (χ1) is 9.13. The quantitative estimate of drug-likeness (QED) is 0.677. The van der Waals surface area contributed by atoms with Crippen LogP contribution < -0.4 is 0 Å². The fourth-order valence-corrected chi connectivity index (χ4v) is 3.03. The molecule has 7 nitrogen and oxygen atoms in total. The highest BCUT2D eigenvalue weighted by atomic mass is 16.9. The summed E-state index contributed by atoms with van der Waals surface area (Å²) in [4.78, 5) is 11.6. The van der Waals surface area contributed by atoms with Crippen LogP contribution in [0.15, 0.2) is 0 Å². The average molecular weight is 288 g/mol. The number of fused-ring (bicyclic) bond motifs is 1. The van der Waals surface area contributed by atoms with Gasteiger partial charge in [-0.25, -0.2) is 0 Å². The van der Waals surface area contributed by atoms with Crippen molar-refractivity contribution in [3.63, 3.8) is 0 Å². The van der Waals surface area contributed by atoms with Crippen LogP contribution in [-0.2, 0) is 28.5 Å². The molecule has 1 N–H and O–H groups in total. The first-order valence-electron chi connectivity index (χ1n) is 6.66. The molecule has 0 radical (unpaired) electrons. The number of ether oxygens (including phenoxy) is 5. The molecule has 3 rings (SSSR count). The van der Waals surface area contributed by atoms with Gasteiger partial charge in [0, 0.05) is 0 Å². The van der Waals surface area contributed by atoms with E-state index in [1.807, 2.05) is 0 Å². The molecule has 0 saturated carbocycles. The summed E-state index contributed by atoms with van der Waals surface area (Å²) in [6.45, 7) is 6.93. The maximum atomic E-state index is 11.6. The van der Waals surface area contributed by atoms with E-state index in [4.69, 9.17) is 23.7 Å². The Morgan fingerprint density at radius 3 is 2.35 bits per heavy atom. The minimum Gasteiger partial charge on any atom is -0.375 e. The lowest BCUT2D eigenvalue weighted by Crippen LogP contribution is -2.71. The first kappa shape index (κ1) is 14.4. The second-order valence-corrected chi connectivity index (χ2v) is 6.39. The van der Waals surface area contributed by atoms with Crippen molar-refractivity contribution in [2.45, 2.75) is 62.9 Å². The fourth-order valence-electron chi connectivity index (χ4n) is 3.03. The normalized spacial score (nSPS) is 49.2. The Hall–Kier alpha value is -0.570. The minimum atomic E-state index is -1.99. The van der Waals surface area contributed by atoms with Gasteiger partial charge >= 0.3 is 0 Å². The Labute approximate surface area is 117 Å². The van der Waals surface area contributed by atoms with Gasteiger partial charge in [0.15, 0.2) is 17.9 Å². The van der Waals surface area contributed by atoms with Crippen molar-refractivity contribution in [3.8, 4) is 0 Å². The molecule has 7 heteroatoms. The van der Waals surface area contributed by atoms with Crippen LogP contribution in [0.25, 0.3) is 0 Å². The van der Waals surface area contributed by atoms with Crippen LogP contribution in [0.3, 0.4) is 0 Å². The lowest BCUT2D eigenvalue weighted by atomic mass is 9.83. The van der Waals surface area contributed by atoms with E-state index in [-0.39, 0.29) is 13.2 Å². The van der Waals surface area contributed by atoms with E-state index < -0.39 is 35.2 Å². The van der Waals surface area contributed by atoms with Crippen molar-refractivity contribution >= 4 is 6.29 Å².